The highest BCUT2D eigenvalue weighted by atomic mass is 35.5. The SMILES string of the molecule is Cc1nc([C@@H]2O[C@H](CO)[C@H](O)[C@H](n3cc(-c4ccc(Cl)c(F)c4F)cn3)[C@H]2O)n(-c2cc(C(F)(F)F)c3nc(C)sc3c2)n1. The van der Waals surface area contributed by atoms with Gasteiger partial charge in [0.15, 0.2) is 17.5 Å². The van der Waals surface area contributed by atoms with Crippen molar-refractivity contribution in [1.29, 1.82) is 0 Å². The lowest BCUT2D eigenvalue weighted by atomic mass is 9.92. The molecule has 5 atom stereocenters. The number of benzene rings is 2. The van der Waals surface area contributed by atoms with Crippen molar-refractivity contribution in [1.82, 2.24) is 29.5 Å². The second-order valence-corrected chi connectivity index (χ2v) is 11.8. The number of hydrogen-bond donors (Lipinski definition) is 3. The third-order valence-electron chi connectivity index (χ3n) is 7.27. The van der Waals surface area contributed by atoms with Gasteiger partial charge in [-0.25, -0.2) is 23.4 Å². The first-order valence-electron chi connectivity index (χ1n) is 13.0. The van der Waals surface area contributed by atoms with E-state index in [-0.39, 0.29) is 38.7 Å². The first-order chi connectivity index (χ1) is 20.8. The Morgan fingerprint density at radius 3 is 2.52 bits per heavy atom. The highest BCUT2D eigenvalue weighted by Crippen LogP contribution is 2.41. The predicted octanol–water partition coefficient (Wildman–Crippen LogP) is 4.70. The minimum atomic E-state index is -4.74. The Kier molecular flexibility index (Phi) is 7.70. The van der Waals surface area contributed by atoms with Gasteiger partial charge >= 0.3 is 6.18 Å². The van der Waals surface area contributed by atoms with Crippen LogP contribution in [-0.2, 0) is 10.9 Å². The lowest BCUT2D eigenvalue weighted by Gasteiger charge is -2.41. The van der Waals surface area contributed by atoms with E-state index in [2.05, 4.69) is 20.2 Å². The van der Waals surface area contributed by atoms with E-state index in [9.17, 15) is 37.3 Å². The smallest absolute Gasteiger partial charge is 0.394 e. The number of nitrogens with zero attached hydrogens (tertiary/aromatic N) is 6. The Morgan fingerprint density at radius 2 is 1.82 bits per heavy atom. The Balaban J connectivity index is 1.43. The Hall–Kier alpha value is -3.54. The zero-order valence-corrected chi connectivity index (χ0v) is 24.2. The van der Waals surface area contributed by atoms with Crippen molar-refractivity contribution in [3.8, 4) is 16.8 Å². The average Bonchev–Trinajstić information content (AvgIpc) is 3.69. The molecular formula is C27H22ClF5N6O4S. The van der Waals surface area contributed by atoms with Crippen molar-refractivity contribution in [3.05, 3.63) is 75.5 Å². The maximum Gasteiger partial charge on any atom is 0.418 e. The number of aliphatic hydroxyl groups is 3. The minimum absolute atomic E-state index is 0.0373. The molecule has 0 aliphatic carbocycles. The van der Waals surface area contributed by atoms with Gasteiger partial charge in [-0.05, 0) is 38.1 Å². The molecule has 0 radical (unpaired) electrons. The van der Waals surface area contributed by atoms with Gasteiger partial charge in [0.25, 0.3) is 0 Å². The van der Waals surface area contributed by atoms with Gasteiger partial charge < -0.3 is 20.1 Å². The van der Waals surface area contributed by atoms with E-state index >= 15 is 0 Å². The number of fused-ring (bicyclic) bond motifs is 1. The summed E-state index contributed by atoms with van der Waals surface area (Å²) in [5.41, 5.74) is -1.34. The zero-order valence-electron chi connectivity index (χ0n) is 22.7. The number of rotatable bonds is 5. The number of aliphatic hydroxyl groups excluding tert-OH is 3. The summed E-state index contributed by atoms with van der Waals surface area (Å²) in [7, 11) is 0. The predicted molar refractivity (Wildman–Crippen MR) is 147 cm³/mol. The summed E-state index contributed by atoms with van der Waals surface area (Å²) >= 11 is 6.71. The van der Waals surface area contributed by atoms with Crippen LogP contribution in [0, 0.1) is 25.5 Å². The number of ether oxygens (including phenoxy) is 1. The van der Waals surface area contributed by atoms with Crippen molar-refractivity contribution < 1.29 is 42.0 Å². The summed E-state index contributed by atoms with van der Waals surface area (Å²) in [6.45, 7) is 2.36. The maximum atomic E-state index is 14.6. The van der Waals surface area contributed by atoms with Crippen molar-refractivity contribution >= 4 is 33.2 Å². The standard InChI is InChI=1S/C27H22ClF5N6O4S/c1-10-35-26(39(37-10)13-5-15(27(31,32)33)21-18(6-13)44-11(2)36-21)25-24(42)22(23(41)17(9-40)43-25)38-8-12(7-34-38)14-3-4-16(28)20(30)19(14)29/h3-8,17,22-25,40-42H,9H2,1-2H3/t17-,22+,23+,24-,25-/m1/s1. The minimum Gasteiger partial charge on any atom is -0.394 e. The van der Waals surface area contributed by atoms with Gasteiger partial charge in [0, 0.05) is 17.3 Å². The number of alkyl halides is 3. The van der Waals surface area contributed by atoms with Crippen molar-refractivity contribution in [2.75, 3.05) is 6.61 Å². The summed E-state index contributed by atoms with van der Waals surface area (Å²) in [5, 5.41) is 41.0. The zero-order chi connectivity index (χ0) is 31.7. The second kappa shape index (κ2) is 11.1. The highest BCUT2D eigenvalue weighted by Gasteiger charge is 2.48. The molecule has 1 aliphatic rings. The van der Waals surface area contributed by atoms with E-state index in [1.54, 1.807) is 6.92 Å². The van der Waals surface area contributed by atoms with Gasteiger partial charge in [-0.2, -0.15) is 23.4 Å². The molecule has 0 bridgehead atoms. The van der Waals surface area contributed by atoms with Crippen LogP contribution in [0.4, 0.5) is 22.0 Å². The quantitative estimate of drug-likeness (QED) is 0.183. The molecule has 44 heavy (non-hydrogen) atoms. The molecule has 1 aliphatic heterocycles. The lowest BCUT2D eigenvalue weighted by molar-refractivity contribution is -0.210. The average molecular weight is 657 g/mol. The van der Waals surface area contributed by atoms with Crippen molar-refractivity contribution in [2.45, 2.75) is 50.5 Å². The molecule has 232 valence electrons. The molecule has 10 nitrogen and oxygen atoms in total. The van der Waals surface area contributed by atoms with E-state index in [4.69, 9.17) is 16.3 Å². The molecule has 3 N–H and O–H groups in total. The Morgan fingerprint density at radius 1 is 1.07 bits per heavy atom. The number of halogens is 6. The Labute approximate surface area is 253 Å². The normalized spacial score (nSPS) is 22.7. The second-order valence-electron chi connectivity index (χ2n) is 10.2. The summed E-state index contributed by atoms with van der Waals surface area (Å²) in [6.07, 6.45) is -8.27. The summed E-state index contributed by atoms with van der Waals surface area (Å²) in [4.78, 5) is 8.35. The van der Waals surface area contributed by atoms with Crippen LogP contribution < -0.4 is 0 Å². The van der Waals surface area contributed by atoms with Gasteiger partial charge in [-0.1, -0.05) is 11.6 Å². The molecule has 0 saturated carbocycles. The van der Waals surface area contributed by atoms with E-state index < -0.39 is 65.5 Å². The third kappa shape index (κ3) is 5.14. The molecule has 2 aromatic carbocycles. The van der Waals surface area contributed by atoms with Gasteiger partial charge in [0.2, 0.25) is 0 Å². The molecule has 1 fully saturated rings. The number of hydrogen-bond acceptors (Lipinski definition) is 9. The van der Waals surface area contributed by atoms with Gasteiger partial charge in [-0.3, -0.25) is 4.68 Å². The topological polar surface area (TPSA) is 131 Å². The molecule has 0 spiro atoms. The molecule has 1 saturated heterocycles. The van der Waals surface area contributed by atoms with Gasteiger partial charge in [0.1, 0.15) is 36.3 Å². The van der Waals surface area contributed by atoms with Crippen LogP contribution in [-0.4, -0.2) is 69.8 Å². The van der Waals surface area contributed by atoms with Crippen LogP contribution in [0.15, 0.2) is 36.7 Å². The molecule has 17 heteroatoms. The molecule has 0 unspecified atom stereocenters. The highest BCUT2D eigenvalue weighted by molar-refractivity contribution is 7.18. The van der Waals surface area contributed by atoms with Gasteiger partial charge in [-0.15, -0.1) is 11.3 Å². The summed E-state index contributed by atoms with van der Waals surface area (Å²) in [6, 6.07) is 3.39. The van der Waals surface area contributed by atoms with Crippen LogP contribution in [0.2, 0.25) is 5.02 Å². The first kappa shape index (κ1) is 30.5. The van der Waals surface area contributed by atoms with Crippen LogP contribution in [0.1, 0.15) is 34.4 Å². The fourth-order valence-corrected chi connectivity index (χ4v) is 6.32. The fraction of sp³-hybridized carbons (Fsp3) is 0.333. The molecule has 4 heterocycles. The monoisotopic (exact) mass is 656 g/mol. The van der Waals surface area contributed by atoms with Crippen LogP contribution in [0.5, 0.6) is 0 Å². The molecular weight excluding hydrogens is 635 g/mol. The number of aryl methyl sites for hydroxylation is 2. The van der Waals surface area contributed by atoms with E-state index in [1.165, 1.54) is 31.5 Å². The lowest BCUT2D eigenvalue weighted by Crippen LogP contribution is -2.53. The molecule has 0 amide bonds. The van der Waals surface area contributed by atoms with E-state index in [1.807, 2.05) is 0 Å². The number of aromatic nitrogens is 6. The summed E-state index contributed by atoms with van der Waals surface area (Å²) < 4.78 is 79.2. The van der Waals surface area contributed by atoms with Crippen LogP contribution >= 0.6 is 22.9 Å². The van der Waals surface area contributed by atoms with Crippen LogP contribution in [0.25, 0.3) is 27.0 Å². The maximum absolute atomic E-state index is 14.6. The molecule has 5 aromatic rings. The van der Waals surface area contributed by atoms with Gasteiger partial charge in [0.05, 0.1) is 44.3 Å². The fourth-order valence-electron chi connectivity index (χ4n) is 5.29. The van der Waals surface area contributed by atoms with E-state index in [0.29, 0.717) is 5.01 Å². The van der Waals surface area contributed by atoms with Crippen molar-refractivity contribution in [3.63, 3.8) is 0 Å². The largest absolute Gasteiger partial charge is 0.418 e. The summed E-state index contributed by atoms with van der Waals surface area (Å²) in [5.74, 6) is -2.48. The number of thiazole rings is 1. The van der Waals surface area contributed by atoms with Crippen LogP contribution in [0.3, 0.4) is 0 Å². The Bertz CT molecular complexity index is 1880. The van der Waals surface area contributed by atoms with E-state index in [0.717, 1.165) is 32.8 Å². The first-order valence-corrected chi connectivity index (χ1v) is 14.2. The third-order valence-corrected chi connectivity index (χ3v) is 8.48. The molecule has 3 aromatic heterocycles. The van der Waals surface area contributed by atoms with Crippen molar-refractivity contribution in [2.24, 2.45) is 0 Å². The molecule has 6 rings (SSSR count).